The first-order valence-electron chi connectivity index (χ1n) is 13.3. The van der Waals surface area contributed by atoms with Crippen LogP contribution in [0.1, 0.15) is 42.3 Å². The van der Waals surface area contributed by atoms with E-state index in [1.54, 1.807) is 30.3 Å². The van der Waals surface area contributed by atoms with Crippen molar-refractivity contribution in [1.82, 2.24) is 19.9 Å². The van der Waals surface area contributed by atoms with Gasteiger partial charge < -0.3 is 31.1 Å². The Morgan fingerprint density at radius 1 is 0.976 bits per heavy atom. The molecule has 5 N–H and O–H groups in total. The molecule has 0 radical (unpaired) electrons. The van der Waals surface area contributed by atoms with E-state index in [1.165, 1.54) is 0 Å². The van der Waals surface area contributed by atoms with E-state index in [1.807, 2.05) is 50.5 Å². The highest BCUT2D eigenvalue weighted by molar-refractivity contribution is 6.05. The minimum Gasteiger partial charge on any atom is -0.492 e. The molecule has 1 amide bonds. The highest BCUT2D eigenvalue weighted by atomic mass is 16.5. The van der Waals surface area contributed by atoms with Crippen LogP contribution in [0.3, 0.4) is 0 Å². The number of amides is 1. The fraction of sp³-hybridized carbons (Fsp3) is 0.290. The number of aliphatic hydroxyl groups is 1. The van der Waals surface area contributed by atoms with E-state index in [2.05, 4.69) is 51.3 Å². The van der Waals surface area contributed by atoms with Gasteiger partial charge in [0.2, 0.25) is 11.9 Å². The summed E-state index contributed by atoms with van der Waals surface area (Å²) in [5.74, 6) is 0.983. The predicted molar refractivity (Wildman–Crippen MR) is 162 cm³/mol. The summed E-state index contributed by atoms with van der Waals surface area (Å²) >= 11 is 0. The Morgan fingerprint density at radius 2 is 1.68 bits per heavy atom. The Balaban J connectivity index is 1.53. The van der Waals surface area contributed by atoms with E-state index >= 15 is 0 Å². The predicted octanol–water partition coefficient (Wildman–Crippen LogP) is 4.85. The monoisotopic (exact) mass is 555 g/mol. The fourth-order valence-electron chi connectivity index (χ4n) is 4.08. The molecule has 0 unspecified atom stereocenters. The van der Waals surface area contributed by atoms with Crippen molar-refractivity contribution < 1.29 is 14.6 Å². The average molecular weight is 556 g/mol. The first kappa shape index (κ1) is 29.4. The maximum absolute atomic E-state index is 13.0. The van der Waals surface area contributed by atoms with Crippen LogP contribution >= 0.6 is 0 Å². The van der Waals surface area contributed by atoms with Gasteiger partial charge in [-0.2, -0.15) is 15.0 Å². The molecule has 4 rings (SSSR count). The molecule has 0 aliphatic rings. The van der Waals surface area contributed by atoms with Crippen molar-refractivity contribution in [3.05, 3.63) is 83.4 Å². The Morgan fingerprint density at radius 3 is 2.32 bits per heavy atom. The lowest BCUT2D eigenvalue weighted by Gasteiger charge is -2.19. The Hall–Kier alpha value is -4.54. The van der Waals surface area contributed by atoms with E-state index < -0.39 is 0 Å². The van der Waals surface area contributed by atoms with Crippen LogP contribution in [0.15, 0.2) is 66.7 Å². The van der Waals surface area contributed by atoms with Crippen LogP contribution in [0, 0.1) is 0 Å². The molecule has 0 bridgehead atoms. The van der Waals surface area contributed by atoms with Crippen LogP contribution in [0.2, 0.25) is 0 Å². The molecule has 0 saturated carbocycles. The molecule has 1 heterocycles. The van der Waals surface area contributed by atoms with Crippen molar-refractivity contribution in [2.75, 3.05) is 43.6 Å². The Kier molecular flexibility index (Phi) is 9.16. The number of aliphatic hydroxyl groups excluding tert-OH is 1. The third kappa shape index (κ3) is 7.77. The number of anilines is 4. The number of ether oxygens (including phenoxy) is 1. The number of nitrogens with two attached hydrogens (primary N) is 1. The minimum absolute atomic E-state index is 0.0124. The van der Waals surface area contributed by atoms with E-state index in [0.717, 1.165) is 23.5 Å². The molecule has 0 spiro atoms. The van der Waals surface area contributed by atoms with Gasteiger partial charge in [0.05, 0.1) is 6.61 Å². The van der Waals surface area contributed by atoms with Gasteiger partial charge in [0.25, 0.3) is 5.91 Å². The number of carbonyl (C=O) groups excluding carboxylic acids is 1. The summed E-state index contributed by atoms with van der Waals surface area (Å²) in [5, 5.41) is 16.3. The zero-order chi connectivity index (χ0) is 29.6. The lowest BCUT2D eigenvalue weighted by molar-refractivity contribution is 0.102. The van der Waals surface area contributed by atoms with Crippen LogP contribution in [0.4, 0.5) is 23.3 Å². The second kappa shape index (κ2) is 12.8. The first-order valence-corrected chi connectivity index (χ1v) is 13.3. The molecule has 214 valence electrons. The van der Waals surface area contributed by atoms with Crippen molar-refractivity contribution >= 4 is 29.2 Å². The quantitative estimate of drug-likeness (QED) is 0.216. The van der Waals surface area contributed by atoms with E-state index in [9.17, 15) is 9.90 Å². The number of rotatable bonds is 10. The van der Waals surface area contributed by atoms with Crippen LogP contribution in [0.5, 0.6) is 5.75 Å². The topological polar surface area (TPSA) is 139 Å². The van der Waals surface area contributed by atoms with Gasteiger partial charge in [-0.25, -0.2) is 0 Å². The third-order valence-corrected chi connectivity index (χ3v) is 6.41. The second-order valence-electron chi connectivity index (χ2n) is 10.9. The van der Waals surface area contributed by atoms with Gasteiger partial charge in [0, 0.05) is 34.6 Å². The van der Waals surface area contributed by atoms with Gasteiger partial charge in [0.15, 0.2) is 5.82 Å². The van der Waals surface area contributed by atoms with Gasteiger partial charge in [-0.15, -0.1) is 0 Å². The van der Waals surface area contributed by atoms with Crippen molar-refractivity contribution in [2.24, 2.45) is 0 Å². The van der Waals surface area contributed by atoms with E-state index in [0.29, 0.717) is 29.0 Å². The summed E-state index contributed by atoms with van der Waals surface area (Å²) in [6, 6.07) is 20.2. The van der Waals surface area contributed by atoms with Crippen molar-refractivity contribution in [3.8, 4) is 17.1 Å². The molecule has 1 aromatic heterocycles. The molecule has 41 heavy (non-hydrogen) atoms. The number of nitrogens with zero attached hydrogens (tertiary/aromatic N) is 4. The second-order valence-corrected chi connectivity index (χ2v) is 10.9. The van der Waals surface area contributed by atoms with Gasteiger partial charge in [0.1, 0.15) is 12.4 Å². The number of hydrogen-bond donors (Lipinski definition) is 4. The molecule has 10 heteroatoms. The zero-order valence-electron chi connectivity index (χ0n) is 24.1. The number of nitrogen functional groups attached to an aromatic ring is 1. The molecular weight excluding hydrogens is 518 g/mol. The lowest BCUT2D eigenvalue weighted by atomic mass is 9.86. The number of carbonyl (C=O) groups is 1. The molecule has 3 aromatic carbocycles. The maximum Gasteiger partial charge on any atom is 0.255 e. The number of likely N-dealkylation sites (N-methyl/N-ethyl adjacent to an activating group) is 1. The fourth-order valence-corrected chi connectivity index (χ4v) is 4.08. The first-order chi connectivity index (χ1) is 19.5. The highest BCUT2D eigenvalue weighted by Crippen LogP contribution is 2.29. The summed E-state index contributed by atoms with van der Waals surface area (Å²) in [6.07, 6.45) is 0. The van der Waals surface area contributed by atoms with Crippen LogP contribution in [0.25, 0.3) is 11.4 Å². The molecular formula is C31H37N7O3. The van der Waals surface area contributed by atoms with Crippen LogP contribution in [-0.4, -0.2) is 58.1 Å². The van der Waals surface area contributed by atoms with Crippen molar-refractivity contribution in [3.63, 3.8) is 0 Å². The molecule has 0 aliphatic heterocycles. The highest BCUT2D eigenvalue weighted by Gasteiger charge is 2.18. The summed E-state index contributed by atoms with van der Waals surface area (Å²) in [7, 11) is 3.99. The van der Waals surface area contributed by atoms with Gasteiger partial charge in [-0.1, -0.05) is 45.0 Å². The van der Waals surface area contributed by atoms with Crippen molar-refractivity contribution in [1.29, 1.82) is 0 Å². The van der Waals surface area contributed by atoms with Crippen molar-refractivity contribution in [2.45, 2.75) is 32.8 Å². The minimum atomic E-state index is -0.349. The average Bonchev–Trinajstić information content (AvgIpc) is 2.93. The molecule has 0 fully saturated rings. The SMILES string of the molecule is CN(C)CCOc1ccc(Nc2nc(N)nc(-c3cccc(NC(=O)c4ccc(C(C)(C)C)cc4)c3CO)n2)cc1. The zero-order valence-corrected chi connectivity index (χ0v) is 24.1. The van der Waals surface area contributed by atoms with Crippen LogP contribution < -0.4 is 21.1 Å². The van der Waals surface area contributed by atoms with E-state index in [4.69, 9.17) is 10.5 Å². The normalized spacial score (nSPS) is 11.4. The Bertz CT molecular complexity index is 1480. The number of aromatic nitrogens is 3. The van der Waals surface area contributed by atoms with Gasteiger partial charge in [-0.05, 0) is 67.5 Å². The largest absolute Gasteiger partial charge is 0.492 e. The molecule has 10 nitrogen and oxygen atoms in total. The van der Waals surface area contributed by atoms with Crippen LogP contribution in [-0.2, 0) is 12.0 Å². The summed E-state index contributed by atoms with van der Waals surface area (Å²) in [4.78, 5) is 28.1. The smallest absolute Gasteiger partial charge is 0.255 e. The number of benzene rings is 3. The number of nitrogens with one attached hydrogen (secondary N) is 2. The van der Waals surface area contributed by atoms with Gasteiger partial charge in [-0.3, -0.25) is 4.79 Å². The van der Waals surface area contributed by atoms with E-state index in [-0.39, 0.29) is 35.7 Å². The van der Waals surface area contributed by atoms with Gasteiger partial charge >= 0.3 is 0 Å². The lowest BCUT2D eigenvalue weighted by Crippen LogP contribution is -2.19. The standard InChI is InChI=1S/C31H37N7O3/c1-31(2,3)21-11-9-20(10-12-21)28(40)34-26-8-6-7-24(25(26)19-39)27-35-29(32)37-30(36-27)33-22-13-15-23(16-14-22)41-18-17-38(4)5/h6-16,39H,17-19H2,1-5H3,(H,34,40)(H3,32,33,35,36,37). The molecule has 0 aliphatic carbocycles. The Labute approximate surface area is 240 Å². The molecule has 0 saturated heterocycles. The maximum atomic E-state index is 13.0. The third-order valence-electron chi connectivity index (χ3n) is 6.41. The number of hydrogen-bond acceptors (Lipinski definition) is 9. The summed E-state index contributed by atoms with van der Waals surface area (Å²) in [6.45, 7) is 7.42. The molecule has 4 aromatic rings. The molecule has 0 atom stereocenters. The summed E-state index contributed by atoms with van der Waals surface area (Å²) < 4.78 is 5.74. The summed E-state index contributed by atoms with van der Waals surface area (Å²) in [5.41, 5.74) is 9.83.